The van der Waals surface area contributed by atoms with Gasteiger partial charge in [-0.3, -0.25) is 4.79 Å². The van der Waals surface area contributed by atoms with E-state index in [9.17, 15) is 9.59 Å². The first-order chi connectivity index (χ1) is 11.4. The molecule has 0 aliphatic rings. The minimum absolute atomic E-state index is 0.0549. The number of carboxylic acids is 1. The third kappa shape index (κ3) is 4.39. The van der Waals surface area contributed by atoms with Crippen molar-refractivity contribution in [3.8, 4) is 11.5 Å². The first-order valence-electron chi connectivity index (χ1n) is 7.01. The Morgan fingerprint density at radius 3 is 2.58 bits per heavy atom. The highest BCUT2D eigenvalue weighted by atomic mass is 35.5. The van der Waals surface area contributed by atoms with Gasteiger partial charge < -0.3 is 19.9 Å². The summed E-state index contributed by atoms with van der Waals surface area (Å²) in [5.74, 6) is -0.745. The highest BCUT2D eigenvalue weighted by Gasteiger charge is 2.14. The number of amides is 1. The number of nitrogens with one attached hydrogen (secondary N) is 1. The van der Waals surface area contributed by atoms with Gasteiger partial charge in [-0.25, -0.2) is 4.79 Å². The van der Waals surface area contributed by atoms with Crippen molar-refractivity contribution in [2.24, 2.45) is 0 Å². The number of methoxy groups -OCH3 is 1. The molecule has 0 unspecified atom stereocenters. The van der Waals surface area contributed by atoms with Gasteiger partial charge in [0.1, 0.15) is 0 Å². The number of benzene rings is 2. The summed E-state index contributed by atoms with van der Waals surface area (Å²) in [5, 5.41) is 11.9. The molecule has 0 saturated carbocycles. The third-order valence-electron chi connectivity index (χ3n) is 3.16. The van der Waals surface area contributed by atoms with E-state index in [1.165, 1.54) is 25.3 Å². The second-order valence-electron chi connectivity index (χ2n) is 4.99. The van der Waals surface area contributed by atoms with E-state index in [1.807, 2.05) is 13.0 Å². The molecule has 0 radical (unpaired) electrons. The zero-order valence-corrected chi connectivity index (χ0v) is 13.9. The number of hydrogen-bond acceptors (Lipinski definition) is 4. The lowest BCUT2D eigenvalue weighted by molar-refractivity contribution is -0.118. The summed E-state index contributed by atoms with van der Waals surface area (Å²) in [5.41, 5.74) is 1.05. The third-order valence-corrected chi connectivity index (χ3v) is 3.40. The Morgan fingerprint density at radius 2 is 1.92 bits per heavy atom. The van der Waals surface area contributed by atoms with E-state index in [0.717, 1.165) is 5.56 Å². The van der Waals surface area contributed by atoms with Gasteiger partial charge in [-0.1, -0.05) is 17.7 Å². The van der Waals surface area contributed by atoms with Crippen LogP contribution in [-0.2, 0) is 4.79 Å². The molecule has 0 fully saturated rings. The van der Waals surface area contributed by atoms with Crippen molar-refractivity contribution in [3.63, 3.8) is 0 Å². The van der Waals surface area contributed by atoms with Gasteiger partial charge in [0, 0.05) is 5.02 Å². The summed E-state index contributed by atoms with van der Waals surface area (Å²) < 4.78 is 10.6. The van der Waals surface area contributed by atoms with Gasteiger partial charge in [0.2, 0.25) is 0 Å². The van der Waals surface area contributed by atoms with Crippen molar-refractivity contribution in [1.29, 1.82) is 0 Å². The first kappa shape index (κ1) is 17.6. The predicted octanol–water partition coefficient (Wildman–Crippen LogP) is 3.37. The van der Waals surface area contributed by atoms with E-state index in [-0.39, 0.29) is 17.9 Å². The fourth-order valence-corrected chi connectivity index (χ4v) is 2.20. The lowest BCUT2D eigenvalue weighted by Gasteiger charge is -2.12. The topological polar surface area (TPSA) is 84.9 Å². The lowest BCUT2D eigenvalue weighted by Crippen LogP contribution is -2.21. The maximum absolute atomic E-state index is 12.0. The molecule has 24 heavy (non-hydrogen) atoms. The normalized spacial score (nSPS) is 10.1. The summed E-state index contributed by atoms with van der Waals surface area (Å²) in [6, 6.07) is 9.44. The zero-order chi connectivity index (χ0) is 17.7. The van der Waals surface area contributed by atoms with Gasteiger partial charge in [0.15, 0.2) is 18.1 Å². The van der Waals surface area contributed by atoms with Crippen LogP contribution in [0.4, 0.5) is 5.69 Å². The smallest absolute Gasteiger partial charge is 0.337 e. The molecule has 7 heteroatoms. The molecule has 2 aromatic carbocycles. The molecule has 0 saturated heterocycles. The second kappa shape index (κ2) is 7.70. The fourth-order valence-electron chi connectivity index (χ4n) is 2.03. The van der Waals surface area contributed by atoms with Crippen LogP contribution >= 0.6 is 11.6 Å². The Morgan fingerprint density at radius 1 is 1.17 bits per heavy atom. The van der Waals surface area contributed by atoms with E-state index in [0.29, 0.717) is 16.5 Å². The standard InChI is InChI=1S/C17H16ClNO5/c1-10-3-6-14(15(7-10)23-2)24-9-16(20)19-13-8-11(18)4-5-12(13)17(21)22/h3-8H,9H2,1-2H3,(H,19,20)(H,21,22). The van der Waals surface area contributed by atoms with Crippen LogP contribution in [0.15, 0.2) is 36.4 Å². The molecule has 0 aliphatic heterocycles. The number of carboxylic acid groups (broad SMARTS) is 1. The van der Waals surface area contributed by atoms with Crippen LogP contribution in [0.2, 0.25) is 5.02 Å². The lowest BCUT2D eigenvalue weighted by atomic mass is 10.2. The molecular weight excluding hydrogens is 334 g/mol. The zero-order valence-electron chi connectivity index (χ0n) is 13.1. The molecule has 0 bridgehead atoms. The Balaban J connectivity index is 2.07. The van der Waals surface area contributed by atoms with Crippen LogP contribution in [-0.4, -0.2) is 30.7 Å². The molecule has 0 aliphatic carbocycles. The summed E-state index contributed by atoms with van der Waals surface area (Å²) in [6.07, 6.45) is 0. The predicted molar refractivity (Wildman–Crippen MR) is 90.3 cm³/mol. The average Bonchev–Trinajstić information content (AvgIpc) is 2.53. The molecule has 2 aromatic rings. The van der Waals surface area contributed by atoms with Crippen LogP contribution in [0.5, 0.6) is 11.5 Å². The summed E-state index contributed by atoms with van der Waals surface area (Å²) in [7, 11) is 1.51. The maximum Gasteiger partial charge on any atom is 0.337 e. The van der Waals surface area contributed by atoms with Crippen molar-refractivity contribution in [2.45, 2.75) is 6.92 Å². The molecule has 2 rings (SSSR count). The summed E-state index contributed by atoms with van der Waals surface area (Å²) in [4.78, 5) is 23.2. The van der Waals surface area contributed by atoms with E-state index in [1.54, 1.807) is 12.1 Å². The number of anilines is 1. The number of hydrogen-bond donors (Lipinski definition) is 2. The molecule has 0 spiro atoms. The molecule has 1 amide bonds. The van der Waals surface area contributed by atoms with E-state index >= 15 is 0 Å². The molecule has 0 heterocycles. The van der Waals surface area contributed by atoms with Crippen LogP contribution in [0.3, 0.4) is 0 Å². The van der Waals surface area contributed by atoms with Crippen LogP contribution in [0.1, 0.15) is 15.9 Å². The van der Waals surface area contributed by atoms with Gasteiger partial charge in [-0.05, 0) is 42.8 Å². The van der Waals surface area contributed by atoms with E-state index < -0.39 is 11.9 Å². The minimum Gasteiger partial charge on any atom is -0.493 e. The summed E-state index contributed by atoms with van der Waals surface area (Å²) in [6.45, 7) is 1.61. The molecule has 6 nitrogen and oxygen atoms in total. The number of ether oxygens (including phenoxy) is 2. The number of rotatable bonds is 6. The van der Waals surface area contributed by atoms with Gasteiger partial charge in [0.05, 0.1) is 18.4 Å². The van der Waals surface area contributed by atoms with Crippen LogP contribution < -0.4 is 14.8 Å². The Kier molecular flexibility index (Phi) is 5.65. The second-order valence-corrected chi connectivity index (χ2v) is 5.42. The van der Waals surface area contributed by atoms with Gasteiger partial charge in [-0.15, -0.1) is 0 Å². The molecule has 0 aromatic heterocycles. The Bertz CT molecular complexity index is 776. The number of halogens is 1. The van der Waals surface area contributed by atoms with Gasteiger partial charge >= 0.3 is 5.97 Å². The van der Waals surface area contributed by atoms with Crippen molar-refractivity contribution in [3.05, 3.63) is 52.5 Å². The quantitative estimate of drug-likeness (QED) is 0.835. The minimum atomic E-state index is -1.16. The number of carbonyl (C=O) groups excluding carboxylic acids is 1. The monoisotopic (exact) mass is 349 g/mol. The highest BCUT2D eigenvalue weighted by molar-refractivity contribution is 6.31. The SMILES string of the molecule is COc1cc(C)ccc1OCC(=O)Nc1cc(Cl)ccc1C(=O)O. The average molecular weight is 350 g/mol. The van der Waals surface area contributed by atoms with Gasteiger partial charge in [-0.2, -0.15) is 0 Å². The number of aromatic carboxylic acids is 1. The molecule has 0 atom stereocenters. The van der Waals surface area contributed by atoms with Crippen LogP contribution in [0.25, 0.3) is 0 Å². The van der Waals surface area contributed by atoms with E-state index in [2.05, 4.69) is 5.32 Å². The van der Waals surface area contributed by atoms with Gasteiger partial charge in [0.25, 0.3) is 5.91 Å². The fraction of sp³-hybridized carbons (Fsp3) is 0.176. The summed E-state index contributed by atoms with van der Waals surface area (Å²) >= 11 is 5.84. The first-order valence-corrected chi connectivity index (χ1v) is 7.38. The van der Waals surface area contributed by atoms with Crippen LogP contribution in [0, 0.1) is 6.92 Å². The Hall–Kier alpha value is -2.73. The van der Waals surface area contributed by atoms with E-state index in [4.69, 9.17) is 26.2 Å². The number of carbonyl (C=O) groups is 2. The molecule has 126 valence electrons. The molecular formula is C17H16ClNO5. The van der Waals surface area contributed by atoms with Crippen molar-refractivity contribution in [1.82, 2.24) is 0 Å². The van der Waals surface area contributed by atoms with Crippen molar-refractivity contribution < 1.29 is 24.2 Å². The largest absolute Gasteiger partial charge is 0.493 e. The molecule has 2 N–H and O–H groups in total. The maximum atomic E-state index is 12.0. The van der Waals surface area contributed by atoms with Crippen molar-refractivity contribution in [2.75, 3.05) is 19.0 Å². The number of aryl methyl sites for hydroxylation is 1. The van der Waals surface area contributed by atoms with Crippen molar-refractivity contribution >= 4 is 29.2 Å². The Labute approximate surface area is 144 Å². The highest BCUT2D eigenvalue weighted by Crippen LogP contribution is 2.28.